The van der Waals surface area contributed by atoms with Gasteiger partial charge < -0.3 is 10.2 Å². The topological polar surface area (TPSA) is 38.8 Å². The largest absolute Gasteiger partial charge is 0.351 e. The lowest BCUT2D eigenvalue weighted by Gasteiger charge is -2.35. The highest BCUT2D eigenvalue weighted by Crippen LogP contribution is 2.08. The lowest BCUT2D eigenvalue weighted by atomic mass is 10.2. The van der Waals surface area contributed by atoms with Crippen LogP contribution in [-0.2, 0) is 11.3 Å². The molecule has 132 valence electrons. The molecule has 5 nitrogen and oxygen atoms in total. The zero-order valence-electron chi connectivity index (χ0n) is 14.6. The molecule has 0 saturated carbocycles. The molecule has 24 heavy (non-hydrogen) atoms. The quantitative estimate of drug-likeness (QED) is 0.810. The summed E-state index contributed by atoms with van der Waals surface area (Å²) in [6.45, 7) is 10.2. The van der Waals surface area contributed by atoms with E-state index in [1.165, 1.54) is 39.0 Å². The number of hydrogen-bond donors (Lipinski definition) is 1. The first-order chi connectivity index (χ1) is 11.8. The second kappa shape index (κ2) is 9.16. The lowest BCUT2D eigenvalue weighted by Crippen LogP contribution is -2.50. The van der Waals surface area contributed by atoms with Gasteiger partial charge >= 0.3 is 0 Å². The summed E-state index contributed by atoms with van der Waals surface area (Å²) in [6, 6.07) is 10.1. The molecule has 5 heteroatoms. The number of carbonyl (C=O) groups is 1. The molecule has 2 saturated heterocycles. The summed E-state index contributed by atoms with van der Waals surface area (Å²) >= 11 is 0. The van der Waals surface area contributed by atoms with Gasteiger partial charge in [-0.1, -0.05) is 30.3 Å². The minimum atomic E-state index is 0.129. The minimum Gasteiger partial charge on any atom is -0.351 e. The highest BCUT2D eigenvalue weighted by Gasteiger charge is 2.20. The van der Waals surface area contributed by atoms with Gasteiger partial charge in [0.2, 0.25) is 5.91 Å². The second-order valence-electron chi connectivity index (χ2n) is 6.93. The molecule has 0 radical (unpaired) electrons. The third-order valence-corrected chi connectivity index (χ3v) is 5.10. The molecule has 1 aromatic rings. The molecule has 1 aromatic carbocycles. The van der Waals surface area contributed by atoms with Crippen molar-refractivity contribution >= 4 is 5.91 Å². The van der Waals surface area contributed by atoms with Gasteiger partial charge in [0.1, 0.15) is 0 Å². The smallest absolute Gasteiger partial charge is 0.234 e. The Morgan fingerprint density at radius 1 is 0.833 bits per heavy atom. The van der Waals surface area contributed by atoms with Crippen molar-refractivity contribution in [3.05, 3.63) is 35.9 Å². The fourth-order valence-electron chi connectivity index (χ4n) is 3.52. The van der Waals surface area contributed by atoms with Gasteiger partial charge in [0.15, 0.2) is 0 Å². The Labute approximate surface area is 145 Å². The van der Waals surface area contributed by atoms with E-state index in [0.29, 0.717) is 13.1 Å². The first kappa shape index (κ1) is 17.4. The summed E-state index contributed by atoms with van der Waals surface area (Å²) in [7, 11) is 0. The third kappa shape index (κ3) is 5.58. The highest BCUT2D eigenvalue weighted by molar-refractivity contribution is 5.78. The van der Waals surface area contributed by atoms with Crippen LogP contribution < -0.4 is 5.32 Å². The van der Waals surface area contributed by atoms with Crippen molar-refractivity contribution in [1.29, 1.82) is 0 Å². The van der Waals surface area contributed by atoms with Crippen LogP contribution in [0.15, 0.2) is 30.3 Å². The van der Waals surface area contributed by atoms with Crippen molar-refractivity contribution in [2.45, 2.75) is 19.4 Å². The van der Waals surface area contributed by atoms with Crippen LogP contribution in [-0.4, -0.2) is 79.5 Å². The first-order valence-corrected chi connectivity index (χ1v) is 9.27. The maximum atomic E-state index is 12.1. The number of likely N-dealkylation sites (tertiary alicyclic amines) is 1. The molecular formula is C19H30N4O. The fraction of sp³-hybridized carbons (Fsp3) is 0.632. The Morgan fingerprint density at radius 3 is 2.08 bits per heavy atom. The Bertz CT molecular complexity index is 493. The van der Waals surface area contributed by atoms with Crippen molar-refractivity contribution < 1.29 is 4.79 Å². The van der Waals surface area contributed by atoms with Crippen molar-refractivity contribution in [1.82, 2.24) is 20.0 Å². The zero-order valence-corrected chi connectivity index (χ0v) is 14.6. The molecule has 0 spiro atoms. The van der Waals surface area contributed by atoms with Crippen molar-refractivity contribution in [2.24, 2.45) is 0 Å². The first-order valence-electron chi connectivity index (χ1n) is 9.27. The number of piperazine rings is 1. The molecule has 1 N–H and O–H groups in total. The van der Waals surface area contributed by atoms with Crippen LogP contribution in [0.3, 0.4) is 0 Å². The van der Waals surface area contributed by atoms with Gasteiger partial charge in [-0.3, -0.25) is 14.6 Å². The Balaban J connectivity index is 1.29. The van der Waals surface area contributed by atoms with E-state index in [1.807, 2.05) is 30.3 Å². The summed E-state index contributed by atoms with van der Waals surface area (Å²) < 4.78 is 0. The number of carbonyl (C=O) groups excluding carboxylic acids is 1. The number of amides is 1. The summed E-state index contributed by atoms with van der Waals surface area (Å²) in [5.41, 5.74) is 1.15. The van der Waals surface area contributed by atoms with E-state index in [1.54, 1.807) is 0 Å². The molecular weight excluding hydrogens is 300 g/mol. The van der Waals surface area contributed by atoms with Gasteiger partial charge in [-0.25, -0.2) is 0 Å². The maximum absolute atomic E-state index is 12.1. The van der Waals surface area contributed by atoms with E-state index < -0.39 is 0 Å². The fourth-order valence-corrected chi connectivity index (χ4v) is 3.52. The van der Waals surface area contributed by atoms with Crippen LogP contribution >= 0.6 is 0 Å². The van der Waals surface area contributed by atoms with Crippen molar-refractivity contribution in [3.8, 4) is 0 Å². The van der Waals surface area contributed by atoms with Gasteiger partial charge in [0, 0.05) is 45.8 Å². The van der Waals surface area contributed by atoms with E-state index in [0.717, 1.165) is 31.7 Å². The number of nitrogens with one attached hydrogen (secondary N) is 1. The van der Waals surface area contributed by atoms with Crippen LogP contribution in [0.5, 0.6) is 0 Å². The van der Waals surface area contributed by atoms with E-state index in [9.17, 15) is 4.79 Å². The van der Waals surface area contributed by atoms with E-state index >= 15 is 0 Å². The molecule has 0 bridgehead atoms. The molecule has 0 atom stereocenters. The third-order valence-electron chi connectivity index (χ3n) is 5.10. The molecule has 0 aromatic heterocycles. The van der Waals surface area contributed by atoms with Crippen LogP contribution in [0.25, 0.3) is 0 Å². The predicted molar refractivity (Wildman–Crippen MR) is 96.8 cm³/mol. The monoisotopic (exact) mass is 330 g/mol. The number of hydrogen-bond acceptors (Lipinski definition) is 4. The van der Waals surface area contributed by atoms with Crippen LogP contribution in [0, 0.1) is 0 Å². The minimum absolute atomic E-state index is 0.129. The van der Waals surface area contributed by atoms with Gasteiger partial charge in [-0.15, -0.1) is 0 Å². The van der Waals surface area contributed by atoms with Gasteiger partial charge in [-0.2, -0.15) is 0 Å². The van der Waals surface area contributed by atoms with E-state index in [-0.39, 0.29) is 5.91 Å². The average Bonchev–Trinajstić information content (AvgIpc) is 3.14. The summed E-state index contributed by atoms with van der Waals surface area (Å²) in [6.07, 6.45) is 2.73. The number of nitrogens with zero attached hydrogens (tertiary/aromatic N) is 3. The molecule has 3 rings (SSSR count). The summed E-state index contributed by atoms with van der Waals surface area (Å²) in [5.74, 6) is 0.129. The Hall–Kier alpha value is -1.43. The highest BCUT2D eigenvalue weighted by atomic mass is 16.2. The van der Waals surface area contributed by atoms with Crippen LogP contribution in [0.2, 0.25) is 0 Å². The van der Waals surface area contributed by atoms with Gasteiger partial charge in [-0.05, 0) is 31.5 Å². The van der Waals surface area contributed by atoms with Crippen LogP contribution in [0.4, 0.5) is 0 Å². The maximum Gasteiger partial charge on any atom is 0.234 e. The molecule has 2 aliphatic heterocycles. The van der Waals surface area contributed by atoms with Gasteiger partial charge in [0.25, 0.3) is 0 Å². The molecule has 1 amide bonds. The van der Waals surface area contributed by atoms with Crippen LogP contribution in [0.1, 0.15) is 18.4 Å². The van der Waals surface area contributed by atoms with Crippen molar-refractivity contribution in [2.75, 3.05) is 58.9 Å². The average molecular weight is 330 g/mol. The standard InChI is InChI=1S/C19H30N4O/c24-19(20-16-18-6-2-1-3-7-18)17-23-14-12-22(13-15-23)11-10-21-8-4-5-9-21/h1-3,6-7H,4-5,8-17H2,(H,20,24). The lowest BCUT2D eigenvalue weighted by molar-refractivity contribution is -0.122. The zero-order chi connectivity index (χ0) is 16.6. The van der Waals surface area contributed by atoms with E-state index in [4.69, 9.17) is 0 Å². The number of benzene rings is 1. The van der Waals surface area contributed by atoms with E-state index in [2.05, 4.69) is 20.0 Å². The molecule has 2 heterocycles. The normalized spacial score (nSPS) is 20.3. The molecule has 2 fully saturated rings. The van der Waals surface area contributed by atoms with Gasteiger partial charge in [0.05, 0.1) is 6.54 Å². The van der Waals surface area contributed by atoms with Crippen molar-refractivity contribution in [3.63, 3.8) is 0 Å². The second-order valence-corrected chi connectivity index (χ2v) is 6.93. The molecule has 0 aliphatic carbocycles. The Morgan fingerprint density at radius 2 is 1.42 bits per heavy atom. The Kier molecular flexibility index (Phi) is 6.64. The summed E-state index contributed by atoms with van der Waals surface area (Å²) in [5, 5.41) is 3.02. The predicted octanol–water partition coefficient (Wildman–Crippen LogP) is 1.02. The molecule has 0 unspecified atom stereocenters. The SMILES string of the molecule is O=C(CN1CCN(CCN2CCCC2)CC1)NCc1ccccc1. The summed E-state index contributed by atoms with van der Waals surface area (Å²) in [4.78, 5) is 19.5. The molecule has 2 aliphatic rings. The number of rotatable bonds is 7.